The van der Waals surface area contributed by atoms with Gasteiger partial charge in [0.2, 0.25) is 0 Å². The molecule has 9 nitrogen and oxygen atoms in total. The van der Waals surface area contributed by atoms with Crippen molar-refractivity contribution in [2.45, 2.75) is 129 Å². The predicted molar refractivity (Wildman–Crippen MR) is 156 cm³/mol. The lowest BCUT2D eigenvalue weighted by Gasteiger charge is -2.40. The molecule has 0 heterocycles. The lowest BCUT2D eigenvalue weighted by atomic mass is 9.81. The van der Waals surface area contributed by atoms with Crippen LogP contribution < -0.4 is 0 Å². The van der Waals surface area contributed by atoms with Crippen LogP contribution in [0.15, 0.2) is 24.3 Å². The van der Waals surface area contributed by atoms with E-state index in [2.05, 4.69) is 26.6 Å². The molecule has 0 spiro atoms. The number of rotatable bonds is 19. The molecule has 1 aliphatic carbocycles. The topological polar surface area (TPSA) is 118 Å². The van der Waals surface area contributed by atoms with Crippen LogP contribution in [0.1, 0.15) is 79.6 Å². The van der Waals surface area contributed by atoms with Crippen LogP contribution in [0.4, 0.5) is 0 Å². The molecular weight excluding hydrogens is 532 g/mol. The number of allylic oxidation sites excluding steroid dienone is 1. The van der Waals surface area contributed by atoms with Crippen LogP contribution in [0.3, 0.4) is 0 Å². The minimum absolute atomic E-state index is 0.210. The third-order valence-electron chi connectivity index (χ3n) is 6.67. The van der Waals surface area contributed by atoms with E-state index < -0.39 is 55.9 Å². The number of esters is 2. The molecule has 0 bridgehead atoms. The van der Waals surface area contributed by atoms with Gasteiger partial charge in [-0.05, 0) is 58.1 Å². The molecule has 0 aromatic carbocycles. The second kappa shape index (κ2) is 16.6. The number of hydrogen-bond donors (Lipinski definition) is 1. The van der Waals surface area contributed by atoms with Gasteiger partial charge in [-0.1, -0.05) is 51.5 Å². The minimum Gasteiger partial charge on any atom is -0.463 e. The summed E-state index contributed by atoms with van der Waals surface area (Å²) in [7, 11) is -0.658. The number of hydrogen-bond acceptors (Lipinski definition) is 9. The lowest BCUT2D eigenvalue weighted by molar-refractivity contribution is -0.246. The van der Waals surface area contributed by atoms with Gasteiger partial charge < -0.3 is 28.5 Å². The molecule has 0 saturated heterocycles. The van der Waals surface area contributed by atoms with E-state index >= 15 is 0 Å². The SMILES string of the molecule is CCCCCCCCC1(O[Si](C)(C)C)C=CC(=O)C1C(O)C=CC(OC(C)=O)C(COC(C)=O)OC(C)(C)OC. The van der Waals surface area contributed by atoms with Crippen LogP contribution in [0.5, 0.6) is 0 Å². The highest BCUT2D eigenvalue weighted by Crippen LogP contribution is 2.40. The number of aliphatic hydroxyl groups is 1. The Labute approximate surface area is 241 Å². The monoisotopic (exact) mass is 584 g/mol. The van der Waals surface area contributed by atoms with Crippen LogP contribution in [-0.4, -0.2) is 74.6 Å². The summed E-state index contributed by atoms with van der Waals surface area (Å²) in [6.07, 6.45) is 10.2. The van der Waals surface area contributed by atoms with E-state index in [0.29, 0.717) is 6.42 Å². The summed E-state index contributed by atoms with van der Waals surface area (Å²) in [4.78, 5) is 36.6. The normalized spacial score (nSPS) is 21.9. The molecule has 0 radical (unpaired) electrons. The second-order valence-corrected chi connectivity index (χ2v) is 16.3. The minimum atomic E-state index is -2.12. The Kier molecular flexibility index (Phi) is 15.0. The molecule has 0 aliphatic heterocycles. The van der Waals surface area contributed by atoms with Crippen molar-refractivity contribution >= 4 is 26.0 Å². The molecule has 40 heavy (non-hydrogen) atoms. The summed E-state index contributed by atoms with van der Waals surface area (Å²) in [6.45, 7) is 14.0. The molecule has 5 unspecified atom stereocenters. The van der Waals surface area contributed by atoms with Crippen molar-refractivity contribution in [3.63, 3.8) is 0 Å². The third-order valence-corrected chi connectivity index (χ3v) is 7.66. The molecule has 10 heteroatoms. The quantitative estimate of drug-likeness (QED) is 0.0713. The second-order valence-electron chi connectivity index (χ2n) is 11.9. The Morgan fingerprint density at radius 1 is 1.07 bits per heavy atom. The molecule has 5 atom stereocenters. The van der Waals surface area contributed by atoms with Gasteiger partial charge in [-0.2, -0.15) is 0 Å². The molecule has 1 N–H and O–H groups in total. The van der Waals surface area contributed by atoms with E-state index in [1.54, 1.807) is 13.8 Å². The highest BCUT2D eigenvalue weighted by molar-refractivity contribution is 6.69. The molecule has 0 fully saturated rings. The molecule has 230 valence electrons. The molecule has 0 aromatic rings. The first kappa shape index (κ1) is 36.2. The molecule has 0 amide bonds. The Morgan fingerprint density at radius 3 is 2.25 bits per heavy atom. The maximum Gasteiger partial charge on any atom is 0.303 e. The molecule has 1 rings (SSSR count). The van der Waals surface area contributed by atoms with Gasteiger partial charge in [0.25, 0.3) is 0 Å². The van der Waals surface area contributed by atoms with Gasteiger partial charge in [-0.25, -0.2) is 0 Å². The van der Waals surface area contributed by atoms with E-state index in [4.69, 9.17) is 23.4 Å². The molecule has 0 aromatic heterocycles. The Balaban J connectivity index is 3.27. The number of unbranched alkanes of at least 4 members (excludes halogenated alkanes) is 5. The van der Waals surface area contributed by atoms with Gasteiger partial charge >= 0.3 is 11.9 Å². The first-order chi connectivity index (χ1) is 18.6. The van der Waals surface area contributed by atoms with E-state index in [9.17, 15) is 19.5 Å². The highest BCUT2D eigenvalue weighted by Gasteiger charge is 2.50. The van der Waals surface area contributed by atoms with Crippen LogP contribution in [0.25, 0.3) is 0 Å². The fourth-order valence-electron chi connectivity index (χ4n) is 4.84. The number of carbonyl (C=O) groups is 3. The zero-order chi connectivity index (χ0) is 30.6. The largest absolute Gasteiger partial charge is 0.463 e. The predicted octanol–water partition coefficient (Wildman–Crippen LogP) is 5.26. The molecule has 1 aliphatic rings. The van der Waals surface area contributed by atoms with Gasteiger partial charge in [0.1, 0.15) is 18.8 Å². The van der Waals surface area contributed by atoms with Crippen molar-refractivity contribution in [3.8, 4) is 0 Å². The Bertz CT molecular complexity index is 877. The van der Waals surface area contributed by atoms with Gasteiger partial charge in [-0.3, -0.25) is 14.4 Å². The maximum atomic E-state index is 13.1. The number of carbonyl (C=O) groups excluding carboxylic acids is 3. The van der Waals surface area contributed by atoms with Crippen molar-refractivity contribution in [1.82, 2.24) is 0 Å². The number of aliphatic hydroxyl groups excluding tert-OH is 1. The lowest BCUT2D eigenvalue weighted by Crippen LogP contribution is -2.50. The average molecular weight is 585 g/mol. The zero-order valence-corrected chi connectivity index (χ0v) is 27.0. The van der Waals surface area contributed by atoms with E-state index in [1.807, 2.05) is 6.08 Å². The molecular formula is C30H52O9Si. The number of ketones is 1. The number of methoxy groups -OCH3 is 1. The molecule has 0 saturated carbocycles. The van der Waals surface area contributed by atoms with Gasteiger partial charge in [-0.15, -0.1) is 0 Å². The summed E-state index contributed by atoms with van der Waals surface area (Å²) in [5.41, 5.74) is -0.918. The van der Waals surface area contributed by atoms with Crippen LogP contribution in [0.2, 0.25) is 19.6 Å². The van der Waals surface area contributed by atoms with Crippen molar-refractivity contribution in [3.05, 3.63) is 24.3 Å². The van der Waals surface area contributed by atoms with Gasteiger partial charge in [0.05, 0.1) is 17.6 Å². The van der Waals surface area contributed by atoms with Crippen LogP contribution in [0, 0.1) is 5.92 Å². The zero-order valence-electron chi connectivity index (χ0n) is 26.0. The summed E-state index contributed by atoms with van der Waals surface area (Å²) in [5.74, 6) is -3.25. The van der Waals surface area contributed by atoms with Crippen molar-refractivity contribution < 1.29 is 42.9 Å². The van der Waals surface area contributed by atoms with Crippen molar-refractivity contribution in [2.75, 3.05) is 13.7 Å². The first-order valence-electron chi connectivity index (χ1n) is 14.4. The number of ether oxygens (including phenoxy) is 4. The van der Waals surface area contributed by atoms with Crippen molar-refractivity contribution in [1.29, 1.82) is 0 Å². The highest BCUT2D eigenvalue weighted by atomic mass is 28.4. The van der Waals surface area contributed by atoms with Crippen LogP contribution >= 0.6 is 0 Å². The first-order valence-corrected chi connectivity index (χ1v) is 17.8. The van der Waals surface area contributed by atoms with Crippen molar-refractivity contribution in [2.24, 2.45) is 5.92 Å². The smallest absolute Gasteiger partial charge is 0.303 e. The third kappa shape index (κ3) is 12.8. The summed E-state index contributed by atoms with van der Waals surface area (Å²) < 4.78 is 28.6. The summed E-state index contributed by atoms with van der Waals surface area (Å²) in [6, 6.07) is 0. The standard InChI is InChI=1S/C30H52O9Si/c1-10-11-12-13-14-15-19-30(39-40(7,8)9)20-18-25(34)28(30)24(33)16-17-26(37-23(3)32)27(21-36-22(2)31)38-29(4,5)35-6/h16-18,20,24,26-28,33H,10-15,19,21H2,1-9H3. The summed E-state index contributed by atoms with van der Waals surface area (Å²) in [5, 5.41) is 11.4. The van der Waals surface area contributed by atoms with E-state index in [-0.39, 0.29) is 12.4 Å². The van der Waals surface area contributed by atoms with E-state index in [0.717, 1.165) is 19.3 Å². The average Bonchev–Trinajstić information content (AvgIpc) is 3.15. The Morgan fingerprint density at radius 2 is 1.70 bits per heavy atom. The fourth-order valence-corrected chi connectivity index (χ4v) is 6.28. The van der Waals surface area contributed by atoms with E-state index in [1.165, 1.54) is 58.4 Å². The Hall–Kier alpha value is -1.85. The van der Waals surface area contributed by atoms with Gasteiger partial charge in [0.15, 0.2) is 19.9 Å². The van der Waals surface area contributed by atoms with Crippen LogP contribution in [-0.2, 0) is 37.8 Å². The maximum absolute atomic E-state index is 13.1. The summed E-state index contributed by atoms with van der Waals surface area (Å²) >= 11 is 0. The fraction of sp³-hybridized carbons (Fsp3) is 0.767. The van der Waals surface area contributed by atoms with Gasteiger partial charge in [0, 0.05) is 21.0 Å².